The molecule has 2 rings (SSSR count). The second-order valence-corrected chi connectivity index (χ2v) is 3.70. The fourth-order valence-corrected chi connectivity index (χ4v) is 2.02. The molecule has 0 spiro atoms. The number of hydrogen-bond acceptors (Lipinski definition) is 3. The number of fused-ring (bicyclic) bond motifs is 1. The van der Waals surface area contributed by atoms with Crippen LogP contribution in [0.4, 0.5) is 5.82 Å². The van der Waals surface area contributed by atoms with E-state index < -0.39 is 0 Å². The number of nitrogens with zero attached hydrogens (tertiary/aromatic N) is 1. The van der Waals surface area contributed by atoms with Crippen molar-refractivity contribution in [3.05, 3.63) is 30.7 Å². The highest BCUT2D eigenvalue weighted by atomic mass is 32.1. The van der Waals surface area contributed by atoms with Gasteiger partial charge in [-0.2, -0.15) is 4.37 Å². The van der Waals surface area contributed by atoms with Crippen molar-refractivity contribution in [1.82, 2.24) is 4.37 Å². The third kappa shape index (κ3) is 1.52. The molecule has 2 aromatic rings. The number of nitrogens with one attached hydrogen (secondary N) is 1. The molecule has 67 valence electrons. The zero-order valence-electron chi connectivity index (χ0n) is 7.50. The first-order valence-corrected chi connectivity index (χ1v) is 5.04. The highest BCUT2D eigenvalue weighted by molar-refractivity contribution is 7.13. The van der Waals surface area contributed by atoms with E-state index in [1.807, 2.05) is 6.07 Å². The molecule has 1 heterocycles. The van der Waals surface area contributed by atoms with Gasteiger partial charge in [0.2, 0.25) is 0 Å². The molecule has 0 aliphatic rings. The summed E-state index contributed by atoms with van der Waals surface area (Å²) in [6.07, 6.45) is 0. The SMILES string of the molecule is [CH2]c1ccc2snc(NCC)c2c1. The van der Waals surface area contributed by atoms with Gasteiger partial charge in [0.05, 0.1) is 4.70 Å². The first-order chi connectivity index (χ1) is 6.31. The zero-order valence-corrected chi connectivity index (χ0v) is 8.32. The highest BCUT2D eigenvalue weighted by Gasteiger charge is 2.03. The molecule has 0 saturated carbocycles. The van der Waals surface area contributed by atoms with Gasteiger partial charge in [0.1, 0.15) is 5.82 Å². The van der Waals surface area contributed by atoms with Gasteiger partial charge in [-0.05, 0) is 43.1 Å². The van der Waals surface area contributed by atoms with Crippen LogP contribution >= 0.6 is 11.5 Å². The van der Waals surface area contributed by atoms with Crippen molar-refractivity contribution in [1.29, 1.82) is 0 Å². The Morgan fingerprint density at radius 1 is 1.54 bits per heavy atom. The summed E-state index contributed by atoms with van der Waals surface area (Å²) in [5, 5.41) is 4.41. The number of benzene rings is 1. The minimum Gasteiger partial charge on any atom is -0.369 e. The molecular formula is C10H11N2S. The van der Waals surface area contributed by atoms with Crippen molar-refractivity contribution in [3.8, 4) is 0 Å². The van der Waals surface area contributed by atoms with Crippen LogP contribution in [-0.4, -0.2) is 10.9 Å². The standard InChI is InChI=1S/C10H11N2S/c1-3-11-10-8-6-7(2)4-5-9(8)13-12-10/h4-6H,2-3H2,1H3,(H,11,12). The van der Waals surface area contributed by atoms with E-state index in [0.717, 1.165) is 17.9 Å². The van der Waals surface area contributed by atoms with Crippen LogP contribution in [-0.2, 0) is 0 Å². The smallest absolute Gasteiger partial charge is 0.147 e. The van der Waals surface area contributed by atoms with E-state index in [4.69, 9.17) is 0 Å². The largest absolute Gasteiger partial charge is 0.369 e. The van der Waals surface area contributed by atoms with Gasteiger partial charge in [-0.1, -0.05) is 6.07 Å². The first kappa shape index (κ1) is 8.51. The molecule has 0 bridgehead atoms. The lowest BCUT2D eigenvalue weighted by Crippen LogP contribution is -1.96. The maximum absolute atomic E-state index is 4.33. The van der Waals surface area contributed by atoms with Gasteiger partial charge in [0, 0.05) is 11.9 Å². The van der Waals surface area contributed by atoms with Crippen LogP contribution < -0.4 is 5.32 Å². The molecule has 0 atom stereocenters. The van der Waals surface area contributed by atoms with E-state index in [1.54, 1.807) is 0 Å². The van der Waals surface area contributed by atoms with Crippen LogP contribution in [0.15, 0.2) is 18.2 Å². The second kappa shape index (κ2) is 3.34. The lowest BCUT2D eigenvalue weighted by molar-refractivity contribution is 1.20. The van der Waals surface area contributed by atoms with E-state index in [1.165, 1.54) is 21.6 Å². The third-order valence-electron chi connectivity index (χ3n) is 1.88. The number of anilines is 1. The Bertz CT molecular complexity index is 420. The summed E-state index contributed by atoms with van der Waals surface area (Å²) in [5.41, 5.74) is 1.03. The predicted octanol–water partition coefficient (Wildman–Crippen LogP) is 2.91. The second-order valence-electron chi connectivity index (χ2n) is 2.89. The van der Waals surface area contributed by atoms with E-state index in [0.29, 0.717) is 0 Å². The molecule has 13 heavy (non-hydrogen) atoms. The summed E-state index contributed by atoms with van der Waals surface area (Å²) < 4.78 is 5.54. The molecule has 1 radical (unpaired) electrons. The first-order valence-electron chi connectivity index (χ1n) is 4.26. The Balaban J connectivity index is 2.58. The lowest BCUT2D eigenvalue weighted by atomic mass is 10.2. The average molecular weight is 191 g/mol. The molecule has 0 unspecified atom stereocenters. The van der Waals surface area contributed by atoms with Crippen LogP contribution in [0.1, 0.15) is 12.5 Å². The molecule has 1 N–H and O–H groups in total. The summed E-state index contributed by atoms with van der Waals surface area (Å²) in [6.45, 7) is 6.87. The Hall–Kier alpha value is -1.09. The number of aromatic nitrogens is 1. The summed E-state index contributed by atoms with van der Waals surface area (Å²) >= 11 is 1.52. The average Bonchev–Trinajstić information content (AvgIpc) is 2.49. The van der Waals surface area contributed by atoms with Gasteiger partial charge in [-0.25, -0.2) is 0 Å². The van der Waals surface area contributed by atoms with Crippen molar-refractivity contribution in [2.24, 2.45) is 0 Å². The van der Waals surface area contributed by atoms with Crippen LogP contribution in [0, 0.1) is 6.92 Å². The van der Waals surface area contributed by atoms with Gasteiger partial charge in [0.15, 0.2) is 0 Å². The molecule has 1 aromatic carbocycles. The van der Waals surface area contributed by atoms with E-state index in [2.05, 4.69) is 35.7 Å². The molecular weight excluding hydrogens is 180 g/mol. The van der Waals surface area contributed by atoms with Crippen molar-refractivity contribution in [2.75, 3.05) is 11.9 Å². The zero-order chi connectivity index (χ0) is 9.26. The van der Waals surface area contributed by atoms with Crippen LogP contribution in [0.25, 0.3) is 10.1 Å². The minimum atomic E-state index is 0.903. The van der Waals surface area contributed by atoms with Crippen LogP contribution in [0.5, 0.6) is 0 Å². The molecule has 0 fully saturated rings. The van der Waals surface area contributed by atoms with Gasteiger partial charge in [-0.15, -0.1) is 0 Å². The molecule has 0 saturated heterocycles. The van der Waals surface area contributed by atoms with Gasteiger partial charge < -0.3 is 5.32 Å². The summed E-state index contributed by atoms with van der Waals surface area (Å²) in [5.74, 6) is 0.980. The fraction of sp³-hybridized carbons (Fsp3) is 0.200. The quantitative estimate of drug-likeness (QED) is 0.789. The molecule has 2 nitrogen and oxygen atoms in total. The number of rotatable bonds is 2. The third-order valence-corrected chi connectivity index (χ3v) is 2.71. The van der Waals surface area contributed by atoms with E-state index in [-0.39, 0.29) is 0 Å². The van der Waals surface area contributed by atoms with Gasteiger partial charge in [-0.3, -0.25) is 0 Å². The van der Waals surface area contributed by atoms with Crippen LogP contribution in [0.3, 0.4) is 0 Å². The Labute approximate surface area is 81.8 Å². The summed E-state index contributed by atoms with van der Waals surface area (Å²) in [4.78, 5) is 0. The lowest BCUT2D eigenvalue weighted by Gasteiger charge is -1.98. The maximum Gasteiger partial charge on any atom is 0.147 e. The minimum absolute atomic E-state index is 0.903. The molecule has 0 aliphatic heterocycles. The van der Waals surface area contributed by atoms with Gasteiger partial charge >= 0.3 is 0 Å². The monoisotopic (exact) mass is 191 g/mol. The Morgan fingerprint density at radius 3 is 3.15 bits per heavy atom. The predicted molar refractivity (Wildman–Crippen MR) is 58.2 cm³/mol. The molecule has 0 amide bonds. The fourth-order valence-electron chi connectivity index (χ4n) is 1.28. The topological polar surface area (TPSA) is 24.9 Å². The van der Waals surface area contributed by atoms with Crippen molar-refractivity contribution in [2.45, 2.75) is 6.92 Å². The summed E-state index contributed by atoms with van der Waals surface area (Å²) in [6, 6.07) is 6.14. The van der Waals surface area contributed by atoms with Crippen LogP contribution in [0.2, 0.25) is 0 Å². The Morgan fingerprint density at radius 2 is 2.38 bits per heavy atom. The van der Waals surface area contributed by atoms with Crippen molar-refractivity contribution >= 4 is 27.4 Å². The van der Waals surface area contributed by atoms with Gasteiger partial charge in [0.25, 0.3) is 0 Å². The maximum atomic E-state index is 4.33. The summed E-state index contributed by atoms with van der Waals surface area (Å²) in [7, 11) is 0. The Kier molecular flexibility index (Phi) is 2.19. The molecule has 3 heteroatoms. The number of hydrogen-bond donors (Lipinski definition) is 1. The molecule has 0 aliphatic carbocycles. The van der Waals surface area contributed by atoms with Crippen molar-refractivity contribution in [3.63, 3.8) is 0 Å². The normalized spacial score (nSPS) is 10.6. The highest BCUT2D eigenvalue weighted by Crippen LogP contribution is 2.27. The molecule has 1 aromatic heterocycles. The van der Waals surface area contributed by atoms with E-state index >= 15 is 0 Å². The van der Waals surface area contributed by atoms with Crippen molar-refractivity contribution < 1.29 is 0 Å². The van der Waals surface area contributed by atoms with E-state index in [9.17, 15) is 0 Å².